The highest BCUT2D eigenvalue weighted by molar-refractivity contribution is 7.52. The number of carbonyl (C=O) groups excluding carboxylic acids is 1. The molecule has 2 unspecified atom stereocenters. The lowest BCUT2D eigenvalue weighted by molar-refractivity contribution is -0.211. The van der Waals surface area contributed by atoms with Crippen LogP contribution in [0.1, 0.15) is 59.8 Å². The van der Waals surface area contributed by atoms with Crippen LogP contribution in [-0.2, 0) is 23.6 Å². The van der Waals surface area contributed by atoms with Crippen molar-refractivity contribution in [1.29, 1.82) is 0 Å². The zero-order valence-electron chi connectivity index (χ0n) is 20.1. The number of aliphatic hydroxyl groups is 5. The first kappa shape index (κ1) is 30.8. The summed E-state index contributed by atoms with van der Waals surface area (Å²) in [7, 11) is -4.76. The summed E-state index contributed by atoms with van der Waals surface area (Å²) in [5, 5.41) is 52.2. The maximum atomic E-state index is 12.4. The molecule has 0 aromatic carbocycles. The third kappa shape index (κ3) is 7.63. The topological polar surface area (TPSA) is 203 Å². The summed E-state index contributed by atoms with van der Waals surface area (Å²) >= 11 is 0. The van der Waals surface area contributed by atoms with Gasteiger partial charge in [0.25, 0.3) is 0 Å². The van der Waals surface area contributed by atoms with E-state index in [0.717, 1.165) is 0 Å². The van der Waals surface area contributed by atoms with Crippen LogP contribution in [0.2, 0.25) is 0 Å². The van der Waals surface area contributed by atoms with Gasteiger partial charge in [-0.05, 0) is 33.6 Å². The molecule has 1 aliphatic rings. The van der Waals surface area contributed by atoms with E-state index in [1.165, 1.54) is 13.8 Å². The van der Waals surface area contributed by atoms with Crippen LogP contribution in [0.5, 0.6) is 0 Å². The standard InChI is InChI=1S/C21H39O12P/c1-5-7-8-15(34(28,29)30)10-20(27,13-31-6-2)21(9-14(23)11-22)17(16(24)18(25)33-21)32-12-19(3,4)26/h14-15,22-24,26-27H,5-13H2,1-4H3,(H2,28,29,30)/t14?,15?,20-,21-/m0/s1. The Morgan fingerprint density at radius 2 is 1.79 bits per heavy atom. The molecule has 1 aliphatic heterocycles. The molecule has 0 amide bonds. The minimum Gasteiger partial charge on any atom is -0.499 e. The molecule has 0 aromatic heterocycles. The van der Waals surface area contributed by atoms with Gasteiger partial charge >= 0.3 is 13.6 Å². The van der Waals surface area contributed by atoms with Crippen LogP contribution in [0.4, 0.5) is 0 Å². The quantitative estimate of drug-likeness (QED) is 0.111. The molecule has 0 saturated heterocycles. The maximum absolute atomic E-state index is 12.4. The molecule has 13 heteroatoms. The molecule has 1 rings (SSSR count). The molecule has 0 aliphatic carbocycles. The zero-order chi connectivity index (χ0) is 26.4. The Morgan fingerprint density at radius 1 is 1.18 bits per heavy atom. The minimum atomic E-state index is -4.76. The lowest BCUT2D eigenvalue weighted by atomic mass is 9.74. The van der Waals surface area contributed by atoms with E-state index in [1.807, 2.05) is 6.92 Å². The molecule has 1 heterocycles. The van der Waals surface area contributed by atoms with Crippen molar-refractivity contribution in [2.75, 3.05) is 26.4 Å². The van der Waals surface area contributed by atoms with Gasteiger partial charge in [0.2, 0.25) is 11.4 Å². The van der Waals surface area contributed by atoms with E-state index in [2.05, 4.69) is 0 Å². The lowest BCUT2D eigenvalue weighted by Crippen LogP contribution is -2.62. The molecular formula is C21H39O12P. The van der Waals surface area contributed by atoms with Crippen LogP contribution in [-0.4, -0.2) is 96.3 Å². The smallest absolute Gasteiger partial charge is 0.378 e. The largest absolute Gasteiger partial charge is 0.499 e. The third-order valence-electron chi connectivity index (χ3n) is 5.58. The van der Waals surface area contributed by atoms with E-state index in [0.29, 0.717) is 12.8 Å². The highest BCUT2D eigenvalue weighted by Gasteiger charge is 2.65. The van der Waals surface area contributed by atoms with Gasteiger partial charge in [-0.3, -0.25) is 4.57 Å². The normalized spacial score (nSPS) is 22.9. The van der Waals surface area contributed by atoms with Gasteiger partial charge in [0.05, 0.1) is 30.6 Å². The molecule has 200 valence electrons. The summed E-state index contributed by atoms with van der Waals surface area (Å²) in [5.41, 5.74) is -7.61. The molecule has 0 radical (unpaired) electrons. The molecule has 0 fully saturated rings. The molecule has 34 heavy (non-hydrogen) atoms. The van der Waals surface area contributed by atoms with Crippen molar-refractivity contribution < 1.29 is 58.9 Å². The van der Waals surface area contributed by atoms with Crippen LogP contribution >= 0.6 is 7.60 Å². The van der Waals surface area contributed by atoms with Crippen LogP contribution in [0, 0.1) is 0 Å². The predicted molar refractivity (Wildman–Crippen MR) is 120 cm³/mol. The van der Waals surface area contributed by atoms with Gasteiger partial charge in [-0.15, -0.1) is 0 Å². The molecule has 0 aromatic rings. The van der Waals surface area contributed by atoms with Crippen molar-refractivity contribution >= 4 is 13.6 Å². The van der Waals surface area contributed by atoms with Crippen molar-refractivity contribution in [2.45, 2.75) is 88.4 Å². The van der Waals surface area contributed by atoms with Gasteiger partial charge in [-0.2, -0.15) is 0 Å². The second kappa shape index (κ2) is 12.1. The van der Waals surface area contributed by atoms with Crippen molar-refractivity contribution in [2.24, 2.45) is 0 Å². The van der Waals surface area contributed by atoms with E-state index in [4.69, 9.17) is 14.2 Å². The number of unbranched alkanes of at least 4 members (excludes halogenated alkanes) is 1. The van der Waals surface area contributed by atoms with Gasteiger partial charge in [-0.1, -0.05) is 19.8 Å². The van der Waals surface area contributed by atoms with Crippen LogP contribution in [0.15, 0.2) is 11.5 Å². The Bertz CT molecular complexity index is 757. The Balaban J connectivity index is 3.70. The summed E-state index contributed by atoms with van der Waals surface area (Å²) in [6.07, 6.45) is -1.86. The first-order valence-corrected chi connectivity index (χ1v) is 12.9. The zero-order valence-corrected chi connectivity index (χ0v) is 21.0. The van der Waals surface area contributed by atoms with E-state index >= 15 is 0 Å². The predicted octanol–water partition coefficient (Wildman–Crippen LogP) is 0.477. The number of esters is 1. The number of carbonyl (C=O) groups is 1. The summed E-state index contributed by atoms with van der Waals surface area (Å²) in [6, 6.07) is 0. The Kier molecular flexibility index (Phi) is 11.0. The van der Waals surface area contributed by atoms with Gasteiger partial charge in [0.1, 0.15) is 12.2 Å². The van der Waals surface area contributed by atoms with Gasteiger partial charge < -0.3 is 49.5 Å². The van der Waals surface area contributed by atoms with E-state index in [1.54, 1.807) is 6.92 Å². The fraction of sp³-hybridized carbons (Fsp3) is 0.857. The lowest BCUT2D eigenvalue weighted by Gasteiger charge is -2.46. The number of ether oxygens (including phenoxy) is 3. The number of cyclic esters (lactones) is 1. The van der Waals surface area contributed by atoms with Crippen molar-refractivity contribution in [1.82, 2.24) is 0 Å². The summed E-state index contributed by atoms with van der Waals surface area (Å²) in [4.78, 5) is 32.4. The fourth-order valence-electron chi connectivity index (χ4n) is 3.83. The average molecular weight is 515 g/mol. The number of rotatable bonds is 16. The SMILES string of the molecule is CCCCC(C[C@](O)(COCC)[C@@]1(CC(O)CO)OC(=O)C(O)=C1OCC(C)(C)O)P(=O)(O)O. The third-order valence-corrected chi connectivity index (χ3v) is 6.97. The maximum Gasteiger partial charge on any atom is 0.378 e. The van der Waals surface area contributed by atoms with Gasteiger partial charge in [0.15, 0.2) is 5.76 Å². The van der Waals surface area contributed by atoms with Crippen LogP contribution < -0.4 is 0 Å². The average Bonchev–Trinajstić information content (AvgIpc) is 2.97. The van der Waals surface area contributed by atoms with E-state index < -0.39 is 86.3 Å². The molecule has 0 saturated carbocycles. The minimum absolute atomic E-state index is 0.0251. The second-order valence-corrected chi connectivity index (χ2v) is 11.2. The van der Waals surface area contributed by atoms with Gasteiger partial charge in [0, 0.05) is 13.0 Å². The summed E-state index contributed by atoms with van der Waals surface area (Å²) in [5.74, 6) is -2.98. The molecule has 0 bridgehead atoms. The molecule has 12 nitrogen and oxygen atoms in total. The summed E-state index contributed by atoms with van der Waals surface area (Å²) < 4.78 is 28.5. The Morgan fingerprint density at radius 3 is 2.26 bits per heavy atom. The first-order chi connectivity index (χ1) is 15.6. The van der Waals surface area contributed by atoms with Crippen molar-refractivity contribution in [3.63, 3.8) is 0 Å². The highest BCUT2D eigenvalue weighted by Crippen LogP contribution is 2.53. The van der Waals surface area contributed by atoms with Crippen molar-refractivity contribution in [3.05, 3.63) is 11.5 Å². The molecular weight excluding hydrogens is 475 g/mol. The number of hydrogen-bond donors (Lipinski definition) is 7. The number of aliphatic hydroxyl groups excluding tert-OH is 3. The molecule has 4 atom stereocenters. The second-order valence-electron chi connectivity index (χ2n) is 9.29. The Labute approximate surface area is 199 Å². The first-order valence-electron chi connectivity index (χ1n) is 11.2. The fourth-order valence-corrected chi connectivity index (χ4v) is 4.89. The van der Waals surface area contributed by atoms with Crippen LogP contribution in [0.3, 0.4) is 0 Å². The Hall–Kier alpha value is -1.24. The van der Waals surface area contributed by atoms with Gasteiger partial charge in [-0.25, -0.2) is 4.79 Å². The van der Waals surface area contributed by atoms with Crippen molar-refractivity contribution in [3.8, 4) is 0 Å². The molecule has 7 N–H and O–H groups in total. The molecule has 0 spiro atoms. The monoisotopic (exact) mass is 514 g/mol. The van der Waals surface area contributed by atoms with E-state index in [9.17, 15) is 44.7 Å². The van der Waals surface area contributed by atoms with E-state index in [-0.39, 0.29) is 13.0 Å². The number of hydrogen-bond acceptors (Lipinski definition) is 10. The highest BCUT2D eigenvalue weighted by atomic mass is 31.2. The summed E-state index contributed by atoms with van der Waals surface area (Å²) in [6.45, 7) is 4.36. The van der Waals surface area contributed by atoms with Crippen LogP contribution in [0.25, 0.3) is 0 Å².